The molecule has 0 bridgehead atoms. The number of hydrogen-bond donors (Lipinski definition) is 1. The van der Waals surface area contributed by atoms with Gasteiger partial charge in [0.2, 0.25) is 0 Å². The van der Waals surface area contributed by atoms with Gasteiger partial charge in [-0.25, -0.2) is 0 Å². The highest BCUT2D eigenvalue weighted by Crippen LogP contribution is 2.44. The molecule has 0 aromatic heterocycles. The normalized spacial score (nSPS) is 14.2. The molecule has 3 heteroatoms. The Morgan fingerprint density at radius 1 is 0.897 bits per heavy atom. The smallest absolute Gasteiger partial charge is 0.303 e. The Kier molecular flexibility index (Phi) is 5.30. The molecule has 0 radical (unpaired) electrons. The number of hydrogen-bond acceptors (Lipinski definition) is 2. The third-order valence-electron chi connectivity index (χ3n) is 5.14. The summed E-state index contributed by atoms with van der Waals surface area (Å²) < 4.78 is 5.96. The summed E-state index contributed by atoms with van der Waals surface area (Å²) in [6, 6.07) is 25.9. The number of aliphatic carboxylic acids is 1. The van der Waals surface area contributed by atoms with E-state index in [2.05, 4.69) is 31.2 Å². The summed E-state index contributed by atoms with van der Waals surface area (Å²) in [6.45, 7) is 2.08. The van der Waals surface area contributed by atoms with Crippen LogP contribution in [0.25, 0.3) is 17.2 Å². The van der Waals surface area contributed by atoms with Crippen molar-refractivity contribution in [2.45, 2.75) is 19.8 Å². The van der Waals surface area contributed by atoms with E-state index >= 15 is 0 Å². The van der Waals surface area contributed by atoms with Crippen LogP contribution in [0.2, 0.25) is 0 Å². The van der Waals surface area contributed by atoms with Crippen LogP contribution in [0.15, 0.2) is 84.4 Å². The van der Waals surface area contributed by atoms with Crippen molar-refractivity contribution < 1.29 is 14.6 Å². The van der Waals surface area contributed by atoms with Gasteiger partial charge in [0.25, 0.3) is 0 Å². The number of carboxylic acids is 1. The Morgan fingerprint density at radius 3 is 2.34 bits per heavy atom. The Labute approximate surface area is 170 Å². The fraction of sp³-hybridized carbons (Fsp3) is 0.115. The third-order valence-corrected chi connectivity index (χ3v) is 5.14. The SMILES string of the molecule is CC1=C(CCC(=O)O)c2ccccc2/C1=C\c1cccc(Oc2ccccc2)c1. The molecule has 0 spiro atoms. The minimum Gasteiger partial charge on any atom is -0.481 e. The van der Waals surface area contributed by atoms with Crippen LogP contribution in [0.4, 0.5) is 0 Å². The highest BCUT2D eigenvalue weighted by molar-refractivity contribution is 6.05. The van der Waals surface area contributed by atoms with Crippen molar-refractivity contribution >= 4 is 23.2 Å². The zero-order valence-corrected chi connectivity index (χ0v) is 16.3. The van der Waals surface area contributed by atoms with Crippen LogP contribution in [0.3, 0.4) is 0 Å². The predicted octanol–water partition coefficient (Wildman–Crippen LogP) is 6.67. The van der Waals surface area contributed by atoms with Gasteiger partial charge >= 0.3 is 5.97 Å². The van der Waals surface area contributed by atoms with Crippen LogP contribution in [0, 0.1) is 0 Å². The molecule has 0 atom stereocenters. The zero-order valence-electron chi connectivity index (χ0n) is 16.3. The first kappa shape index (κ1) is 18.8. The first-order valence-electron chi connectivity index (χ1n) is 9.68. The lowest BCUT2D eigenvalue weighted by Crippen LogP contribution is -1.95. The van der Waals surface area contributed by atoms with Crippen LogP contribution in [-0.4, -0.2) is 11.1 Å². The largest absolute Gasteiger partial charge is 0.481 e. The monoisotopic (exact) mass is 382 g/mol. The maximum absolute atomic E-state index is 11.1. The quantitative estimate of drug-likeness (QED) is 0.518. The lowest BCUT2D eigenvalue weighted by Gasteiger charge is -2.08. The fourth-order valence-corrected chi connectivity index (χ4v) is 3.75. The summed E-state index contributed by atoms with van der Waals surface area (Å²) in [5, 5.41) is 9.11. The van der Waals surface area contributed by atoms with E-state index in [1.165, 1.54) is 0 Å². The van der Waals surface area contributed by atoms with Gasteiger partial charge in [-0.3, -0.25) is 4.79 Å². The van der Waals surface area contributed by atoms with Gasteiger partial charge in [-0.05, 0) is 77.1 Å². The van der Waals surface area contributed by atoms with Crippen LogP contribution >= 0.6 is 0 Å². The average molecular weight is 382 g/mol. The van der Waals surface area contributed by atoms with E-state index in [9.17, 15) is 4.79 Å². The van der Waals surface area contributed by atoms with Gasteiger partial charge in [-0.1, -0.05) is 54.6 Å². The number of para-hydroxylation sites is 1. The van der Waals surface area contributed by atoms with E-state index in [1.807, 2.05) is 60.7 Å². The molecule has 3 nitrogen and oxygen atoms in total. The molecule has 3 aromatic rings. The van der Waals surface area contributed by atoms with Gasteiger partial charge in [-0.2, -0.15) is 0 Å². The minimum atomic E-state index is -0.772. The van der Waals surface area contributed by atoms with Crippen molar-refractivity contribution in [2.75, 3.05) is 0 Å². The maximum Gasteiger partial charge on any atom is 0.303 e. The molecular weight excluding hydrogens is 360 g/mol. The van der Waals surface area contributed by atoms with Gasteiger partial charge < -0.3 is 9.84 Å². The van der Waals surface area contributed by atoms with Crippen molar-refractivity contribution in [1.29, 1.82) is 0 Å². The van der Waals surface area contributed by atoms with Crippen LogP contribution in [-0.2, 0) is 4.79 Å². The molecule has 1 aliphatic carbocycles. The molecule has 4 rings (SSSR count). The highest BCUT2D eigenvalue weighted by atomic mass is 16.5. The maximum atomic E-state index is 11.1. The molecule has 0 fully saturated rings. The molecular formula is C26H22O3. The number of benzene rings is 3. The predicted molar refractivity (Wildman–Crippen MR) is 117 cm³/mol. The molecule has 0 amide bonds. The van der Waals surface area contributed by atoms with Crippen molar-refractivity contribution in [1.82, 2.24) is 0 Å². The summed E-state index contributed by atoms with van der Waals surface area (Å²) in [4.78, 5) is 11.1. The summed E-state index contributed by atoms with van der Waals surface area (Å²) >= 11 is 0. The van der Waals surface area contributed by atoms with E-state index in [-0.39, 0.29) is 6.42 Å². The number of carbonyl (C=O) groups is 1. The van der Waals surface area contributed by atoms with Gasteiger partial charge in [-0.15, -0.1) is 0 Å². The van der Waals surface area contributed by atoms with Crippen molar-refractivity contribution in [3.8, 4) is 11.5 Å². The van der Waals surface area contributed by atoms with Gasteiger partial charge in [0, 0.05) is 6.42 Å². The molecule has 3 aromatic carbocycles. The Balaban J connectivity index is 1.68. The van der Waals surface area contributed by atoms with E-state index in [1.54, 1.807) is 0 Å². The van der Waals surface area contributed by atoms with Crippen molar-refractivity contribution in [3.05, 3.63) is 101 Å². The van der Waals surface area contributed by atoms with E-state index in [4.69, 9.17) is 9.84 Å². The Hall–Kier alpha value is -3.59. The van der Waals surface area contributed by atoms with Crippen molar-refractivity contribution in [3.63, 3.8) is 0 Å². The van der Waals surface area contributed by atoms with E-state index in [0.29, 0.717) is 6.42 Å². The summed E-state index contributed by atoms with van der Waals surface area (Å²) in [5.74, 6) is 0.811. The Morgan fingerprint density at radius 2 is 1.59 bits per heavy atom. The molecule has 0 heterocycles. The first-order chi connectivity index (χ1) is 14.1. The number of allylic oxidation sites excluding steroid dienone is 3. The molecule has 0 saturated carbocycles. The molecule has 0 aliphatic heterocycles. The summed E-state index contributed by atoms with van der Waals surface area (Å²) in [6.07, 6.45) is 2.82. The molecule has 144 valence electrons. The van der Waals surface area contributed by atoms with E-state index in [0.717, 1.165) is 44.9 Å². The second kappa shape index (κ2) is 8.19. The topological polar surface area (TPSA) is 46.5 Å². The molecule has 0 saturated heterocycles. The highest BCUT2D eigenvalue weighted by Gasteiger charge is 2.23. The molecule has 1 N–H and O–H groups in total. The summed E-state index contributed by atoms with van der Waals surface area (Å²) in [5.41, 5.74) is 6.72. The second-order valence-corrected chi connectivity index (χ2v) is 7.09. The number of fused-ring (bicyclic) bond motifs is 1. The molecule has 0 unspecified atom stereocenters. The van der Waals surface area contributed by atoms with Crippen LogP contribution in [0.1, 0.15) is 36.5 Å². The lowest BCUT2D eigenvalue weighted by atomic mass is 10.0. The molecule has 1 aliphatic rings. The van der Waals surface area contributed by atoms with Gasteiger partial charge in [0.1, 0.15) is 11.5 Å². The number of ether oxygens (including phenoxy) is 1. The number of carboxylic acid groups (broad SMARTS) is 1. The Bertz CT molecular complexity index is 1110. The average Bonchev–Trinajstić information content (AvgIpc) is 2.99. The lowest BCUT2D eigenvalue weighted by molar-refractivity contribution is -0.136. The zero-order chi connectivity index (χ0) is 20.2. The third kappa shape index (κ3) is 4.14. The number of rotatable bonds is 6. The van der Waals surface area contributed by atoms with Gasteiger partial charge in [0.15, 0.2) is 0 Å². The molecule has 29 heavy (non-hydrogen) atoms. The first-order valence-corrected chi connectivity index (χ1v) is 9.68. The minimum absolute atomic E-state index is 0.134. The summed E-state index contributed by atoms with van der Waals surface area (Å²) in [7, 11) is 0. The fourth-order valence-electron chi connectivity index (χ4n) is 3.75. The second-order valence-electron chi connectivity index (χ2n) is 7.09. The van der Waals surface area contributed by atoms with Gasteiger partial charge in [0.05, 0.1) is 0 Å². The van der Waals surface area contributed by atoms with Crippen LogP contribution < -0.4 is 4.74 Å². The van der Waals surface area contributed by atoms with E-state index < -0.39 is 5.97 Å². The van der Waals surface area contributed by atoms with Crippen molar-refractivity contribution in [2.24, 2.45) is 0 Å². The van der Waals surface area contributed by atoms with Crippen LogP contribution in [0.5, 0.6) is 11.5 Å². The standard InChI is InChI=1S/C26H22O3/c1-18-22(14-15-26(27)28)23-12-5-6-13-24(23)25(18)17-19-8-7-11-21(16-19)29-20-9-3-2-4-10-20/h2-13,16-17H,14-15H2,1H3,(H,27,28)/b25-17-.